The standard InChI is InChI=1S/C35H46N6O5/c1-25-31(23-40-18-20-41(21-19-40)35-37-16-7-17-38-35)45-34(46-33(25)28-13-11-27(24-42)12-14-28)29-8-6-9-30(22-29)39-32(44)10-4-3-5-15-36-26(2)43/h6-9,11-14,16-17,22,25,31,33-34,42H,3-5,10,15,18-21,23-24H2,1-2H3,(H,36,43)(H,39,44)/t25-,31+,33+,34+/m0/s1. The van der Waals surface area contributed by atoms with Crippen molar-refractivity contribution in [3.63, 3.8) is 0 Å². The molecule has 2 aliphatic heterocycles. The van der Waals surface area contributed by atoms with Crippen LogP contribution in [0.1, 0.15) is 68.6 Å². The molecule has 2 saturated heterocycles. The molecule has 46 heavy (non-hydrogen) atoms. The molecule has 11 nitrogen and oxygen atoms in total. The molecule has 0 radical (unpaired) electrons. The number of carbonyl (C=O) groups is 2. The maximum absolute atomic E-state index is 12.7. The van der Waals surface area contributed by atoms with Gasteiger partial charge in [0.25, 0.3) is 0 Å². The Morgan fingerprint density at radius 3 is 2.41 bits per heavy atom. The van der Waals surface area contributed by atoms with Gasteiger partial charge in [-0.25, -0.2) is 9.97 Å². The first-order valence-corrected chi connectivity index (χ1v) is 16.3. The number of ether oxygens (including phenoxy) is 2. The van der Waals surface area contributed by atoms with E-state index >= 15 is 0 Å². The van der Waals surface area contributed by atoms with Gasteiger partial charge >= 0.3 is 0 Å². The van der Waals surface area contributed by atoms with Gasteiger partial charge in [-0.1, -0.05) is 49.7 Å². The van der Waals surface area contributed by atoms with Crippen molar-refractivity contribution in [3.8, 4) is 0 Å². The van der Waals surface area contributed by atoms with Gasteiger partial charge < -0.3 is 30.1 Å². The Morgan fingerprint density at radius 2 is 1.70 bits per heavy atom. The van der Waals surface area contributed by atoms with Crippen LogP contribution in [0.2, 0.25) is 0 Å². The van der Waals surface area contributed by atoms with Crippen molar-refractivity contribution in [2.45, 2.75) is 64.6 Å². The van der Waals surface area contributed by atoms with E-state index in [-0.39, 0.29) is 36.5 Å². The topological polar surface area (TPSA) is 129 Å². The average Bonchev–Trinajstić information content (AvgIpc) is 3.08. The third-order valence-corrected chi connectivity index (χ3v) is 8.67. The molecule has 0 aliphatic carbocycles. The molecule has 3 heterocycles. The molecule has 246 valence electrons. The first-order chi connectivity index (χ1) is 22.4. The fourth-order valence-corrected chi connectivity index (χ4v) is 6.01. The van der Waals surface area contributed by atoms with Crippen LogP contribution >= 0.6 is 0 Å². The summed E-state index contributed by atoms with van der Waals surface area (Å²) in [6.07, 6.45) is 5.50. The van der Waals surface area contributed by atoms with Crippen molar-refractivity contribution in [3.05, 3.63) is 83.7 Å². The summed E-state index contributed by atoms with van der Waals surface area (Å²) in [6, 6.07) is 17.4. The van der Waals surface area contributed by atoms with Crippen LogP contribution in [0.5, 0.6) is 0 Å². The van der Waals surface area contributed by atoms with E-state index in [0.717, 1.165) is 74.6 Å². The number of nitrogens with zero attached hydrogens (tertiary/aromatic N) is 4. The lowest BCUT2D eigenvalue weighted by Crippen LogP contribution is -2.51. The van der Waals surface area contributed by atoms with Crippen molar-refractivity contribution < 1.29 is 24.2 Å². The van der Waals surface area contributed by atoms with Gasteiger partial charge in [0, 0.05) is 82.2 Å². The number of nitrogens with one attached hydrogen (secondary N) is 2. The van der Waals surface area contributed by atoms with Gasteiger partial charge in [-0.15, -0.1) is 0 Å². The molecule has 2 aromatic carbocycles. The largest absolute Gasteiger partial charge is 0.392 e. The lowest BCUT2D eigenvalue weighted by molar-refractivity contribution is -0.276. The monoisotopic (exact) mass is 630 g/mol. The highest BCUT2D eigenvalue weighted by Gasteiger charge is 2.39. The SMILES string of the molecule is CC(=O)NCCCCCC(=O)Nc1cccc([C@@H]2O[C@H](CN3CCN(c4ncccn4)CC3)[C@H](C)[C@H](c3ccc(CO)cc3)O2)c1. The highest BCUT2D eigenvalue weighted by molar-refractivity contribution is 5.90. The summed E-state index contributed by atoms with van der Waals surface area (Å²) in [6.45, 7) is 8.49. The molecule has 0 saturated carbocycles. The minimum absolute atomic E-state index is 0.00863. The third kappa shape index (κ3) is 9.32. The van der Waals surface area contributed by atoms with E-state index in [1.807, 2.05) is 54.6 Å². The predicted molar refractivity (Wildman–Crippen MR) is 176 cm³/mol. The molecule has 0 unspecified atom stereocenters. The van der Waals surface area contributed by atoms with Gasteiger partial charge in [0.15, 0.2) is 6.29 Å². The number of rotatable bonds is 13. The number of piperazine rings is 1. The van der Waals surface area contributed by atoms with Crippen molar-refractivity contribution in [2.24, 2.45) is 5.92 Å². The first kappa shape index (κ1) is 33.5. The van der Waals surface area contributed by atoms with Crippen LogP contribution in [0.25, 0.3) is 0 Å². The molecule has 0 spiro atoms. The van der Waals surface area contributed by atoms with E-state index < -0.39 is 6.29 Å². The van der Waals surface area contributed by atoms with Gasteiger partial charge in [-0.05, 0) is 42.2 Å². The molecule has 4 atom stereocenters. The fourth-order valence-electron chi connectivity index (χ4n) is 6.01. The molecule has 0 bridgehead atoms. The summed E-state index contributed by atoms with van der Waals surface area (Å²) in [5.74, 6) is 0.751. The molecule has 5 rings (SSSR count). The smallest absolute Gasteiger partial charge is 0.225 e. The maximum atomic E-state index is 12.7. The minimum Gasteiger partial charge on any atom is -0.392 e. The fraction of sp³-hybridized carbons (Fsp3) is 0.486. The number of carbonyl (C=O) groups excluding carboxylic acids is 2. The summed E-state index contributed by atoms with van der Waals surface area (Å²) in [7, 11) is 0. The van der Waals surface area contributed by atoms with Crippen LogP contribution < -0.4 is 15.5 Å². The van der Waals surface area contributed by atoms with Crippen LogP contribution in [0.3, 0.4) is 0 Å². The van der Waals surface area contributed by atoms with E-state index in [9.17, 15) is 14.7 Å². The van der Waals surface area contributed by atoms with E-state index in [4.69, 9.17) is 9.47 Å². The number of aliphatic hydroxyl groups excluding tert-OH is 1. The quantitative estimate of drug-likeness (QED) is 0.238. The van der Waals surface area contributed by atoms with Gasteiger partial charge in [0.05, 0.1) is 18.8 Å². The number of anilines is 2. The van der Waals surface area contributed by atoms with Crippen LogP contribution in [-0.4, -0.2) is 77.2 Å². The van der Waals surface area contributed by atoms with Crippen molar-refractivity contribution in [1.29, 1.82) is 0 Å². The Morgan fingerprint density at radius 1 is 0.935 bits per heavy atom. The zero-order valence-electron chi connectivity index (χ0n) is 26.8. The number of aromatic nitrogens is 2. The van der Waals surface area contributed by atoms with E-state index in [2.05, 4.69) is 37.3 Å². The first-order valence-electron chi connectivity index (χ1n) is 16.3. The van der Waals surface area contributed by atoms with Gasteiger partial charge in [0.2, 0.25) is 17.8 Å². The lowest BCUT2D eigenvalue weighted by atomic mass is 9.90. The van der Waals surface area contributed by atoms with E-state index in [0.29, 0.717) is 18.7 Å². The Kier molecular flexibility index (Phi) is 12.1. The molecule has 3 N–H and O–H groups in total. The second-order valence-corrected chi connectivity index (χ2v) is 12.1. The van der Waals surface area contributed by atoms with E-state index in [1.54, 1.807) is 12.4 Å². The predicted octanol–water partition coefficient (Wildman–Crippen LogP) is 4.22. The van der Waals surface area contributed by atoms with E-state index in [1.165, 1.54) is 6.92 Å². The molecule has 11 heteroatoms. The Labute approximate surface area is 271 Å². The second-order valence-electron chi connectivity index (χ2n) is 12.1. The van der Waals surface area contributed by atoms with Crippen molar-refractivity contribution in [2.75, 3.05) is 49.5 Å². The van der Waals surface area contributed by atoms with Gasteiger partial charge in [0.1, 0.15) is 0 Å². The second kappa shape index (κ2) is 16.6. The van der Waals surface area contributed by atoms with Crippen molar-refractivity contribution in [1.82, 2.24) is 20.2 Å². The number of hydrogen-bond donors (Lipinski definition) is 3. The molecular weight excluding hydrogens is 584 g/mol. The lowest BCUT2D eigenvalue weighted by Gasteiger charge is -2.44. The molecule has 2 amide bonds. The van der Waals surface area contributed by atoms with Gasteiger partial charge in [-0.2, -0.15) is 0 Å². The number of benzene rings is 2. The summed E-state index contributed by atoms with van der Waals surface area (Å²) in [4.78, 5) is 37.2. The zero-order chi connectivity index (χ0) is 32.3. The Balaban J connectivity index is 1.24. The highest BCUT2D eigenvalue weighted by atomic mass is 16.7. The number of aliphatic hydroxyl groups is 1. The van der Waals surface area contributed by atoms with Crippen LogP contribution in [0, 0.1) is 5.92 Å². The summed E-state index contributed by atoms with van der Waals surface area (Å²) in [5.41, 5.74) is 3.43. The minimum atomic E-state index is -0.617. The summed E-state index contributed by atoms with van der Waals surface area (Å²) >= 11 is 0. The molecule has 2 aliphatic rings. The molecule has 3 aromatic rings. The Hall–Kier alpha value is -3.90. The third-order valence-electron chi connectivity index (χ3n) is 8.67. The maximum Gasteiger partial charge on any atom is 0.225 e. The van der Waals surface area contributed by atoms with Crippen LogP contribution in [-0.2, 0) is 25.7 Å². The molecule has 2 fully saturated rings. The summed E-state index contributed by atoms with van der Waals surface area (Å²) < 4.78 is 13.3. The summed E-state index contributed by atoms with van der Waals surface area (Å²) in [5, 5.41) is 15.4. The van der Waals surface area contributed by atoms with Crippen LogP contribution in [0.15, 0.2) is 67.0 Å². The van der Waals surface area contributed by atoms with Gasteiger partial charge in [-0.3, -0.25) is 14.5 Å². The number of amides is 2. The highest BCUT2D eigenvalue weighted by Crippen LogP contribution is 2.42. The number of hydrogen-bond acceptors (Lipinski definition) is 9. The molecule has 1 aromatic heterocycles. The molecular formula is C35H46N6O5. The number of unbranched alkanes of at least 4 members (excludes halogenated alkanes) is 2. The zero-order valence-corrected chi connectivity index (χ0v) is 26.8. The van der Waals surface area contributed by atoms with Crippen molar-refractivity contribution >= 4 is 23.5 Å². The van der Waals surface area contributed by atoms with Crippen LogP contribution in [0.4, 0.5) is 11.6 Å². The Bertz CT molecular complexity index is 1400. The normalized spacial score (nSPS) is 21.9. The average molecular weight is 631 g/mol.